The molecule has 0 aliphatic carbocycles. The van der Waals surface area contributed by atoms with Crippen LogP contribution in [0.3, 0.4) is 0 Å². The van der Waals surface area contributed by atoms with Crippen molar-refractivity contribution < 1.29 is 9.90 Å². The predicted octanol–water partition coefficient (Wildman–Crippen LogP) is 4.67. The standard InChI is InChI=1S/C13H9Cl3N2O2/c14-9-2-1-7(5-10(9)15)18-12-8(13(19)20)3-6(17)4-11(12)16/h1-5,18H,17H2,(H,19,20). The van der Waals surface area contributed by atoms with Crippen LogP contribution in [-0.2, 0) is 0 Å². The summed E-state index contributed by atoms with van der Waals surface area (Å²) in [5, 5.41) is 13.0. The molecule has 0 bridgehead atoms. The highest BCUT2D eigenvalue weighted by Gasteiger charge is 2.15. The Kier molecular flexibility index (Phi) is 4.28. The van der Waals surface area contributed by atoms with E-state index in [2.05, 4.69) is 5.32 Å². The van der Waals surface area contributed by atoms with Gasteiger partial charge < -0.3 is 16.2 Å². The molecule has 0 saturated carbocycles. The number of benzene rings is 2. The van der Waals surface area contributed by atoms with Gasteiger partial charge in [-0.2, -0.15) is 0 Å². The van der Waals surface area contributed by atoms with Crippen LogP contribution in [0, 0.1) is 0 Å². The van der Waals surface area contributed by atoms with Gasteiger partial charge in [-0.25, -0.2) is 4.79 Å². The number of hydrogen-bond donors (Lipinski definition) is 3. The zero-order chi connectivity index (χ0) is 14.9. The SMILES string of the molecule is Nc1cc(Cl)c(Nc2ccc(Cl)c(Cl)c2)c(C(=O)O)c1. The van der Waals surface area contributed by atoms with E-state index in [0.717, 1.165) is 0 Å². The summed E-state index contributed by atoms with van der Waals surface area (Å²) in [5.74, 6) is -1.14. The molecule has 104 valence electrons. The van der Waals surface area contributed by atoms with E-state index in [4.69, 9.17) is 40.5 Å². The molecule has 0 radical (unpaired) electrons. The highest BCUT2D eigenvalue weighted by Crippen LogP contribution is 2.33. The third-order valence-corrected chi connectivity index (χ3v) is 3.57. The summed E-state index contributed by atoms with van der Waals surface area (Å²) in [5.41, 5.74) is 6.64. The highest BCUT2D eigenvalue weighted by atomic mass is 35.5. The fourth-order valence-electron chi connectivity index (χ4n) is 1.64. The lowest BCUT2D eigenvalue weighted by Crippen LogP contribution is -2.05. The number of nitrogens with two attached hydrogens (primary N) is 1. The first-order valence-electron chi connectivity index (χ1n) is 5.43. The second-order valence-corrected chi connectivity index (χ2v) is 5.21. The summed E-state index contributed by atoms with van der Waals surface area (Å²) in [6, 6.07) is 7.62. The van der Waals surface area contributed by atoms with E-state index in [0.29, 0.717) is 15.7 Å². The van der Waals surface area contributed by atoms with Gasteiger partial charge in [0.25, 0.3) is 0 Å². The summed E-state index contributed by atoms with van der Waals surface area (Å²) in [6.45, 7) is 0. The lowest BCUT2D eigenvalue weighted by atomic mass is 10.1. The molecule has 0 saturated heterocycles. The largest absolute Gasteiger partial charge is 0.478 e. The van der Waals surface area contributed by atoms with Gasteiger partial charge in [0.1, 0.15) is 0 Å². The molecular weight excluding hydrogens is 323 g/mol. The van der Waals surface area contributed by atoms with Crippen molar-refractivity contribution in [3.05, 3.63) is 51.0 Å². The van der Waals surface area contributed by atoms with Gasteiger partial charge in [-0.05, 0) is 30.3 Å². The van der Waals surface area contributed by atoms with Crippen molar-refractivity contribution in [3.63, 3.8) is 0 Å². The number of aromatic carboxylic acids is 1. The van der Waals surface area contributed by atoms with Crippen LogP contribution in [0.2, 0.25) is 15.1 Å². The quantitative estimate of drug-likeness (QED) is 0.714. The molecule has 0 spiro atoms. The van der Waals surface area contributed by atoms with Gasteiger partial charge in [0.15, 0.2) is 0 Å². The predicted molar refractivity (Wildman–Crippen MR) is 82.6 cm³/mol. The Morgan fingerprint density at radius 2 is 1.75 bits per heavy atom. The number of hydrogen-bond acceptors (Lipinski definition) is 3. The Labute approximate surface area is 130 Å². The molecule has 4 nitrogen and oxygen atoms in total. The number of carbonyl (C=O) groups is 1. The number of halogens is 3. The van der Waals surface area contributed by atoms with Gasteiger partial charge >= 0.3 is 5.97 Å². The number of nitrogens with one attached hydrogen (secondary N) is 1. The average molecular weight is 332 g/mol. The van der Waals surface area contributed by atoms with E-state index in [1.165, 1.54) is 12.1 Å². The molecule has 0 unspecified atom stereocenters. The van der Waals surface area contributed by atoms with Gasteiger partial charge in [-0.15, -0.1) is 0 Å². The number of rotatable bonds is 3. The van der Waals surface area contributed by atoms with Crippen molar-refractivity contribution in [1.82, 2.24) is 0 Å². The van der Waals surface area contributed by atoms with Crippen LogP contribution >= 0.6 is 34.8 Å². The van der Waals surface area contributed by atoms with E-state index in [1.807, 2.05) is 0 Å². The van der Waals surface area contributed by atoms with Gasteiger partial charge in [0.2, 0.25) is 0 Å². The maximum atomic E-state index is 11.2. The molecule has 0 amide bonds. The van der Waals surface area contributed by atoms with Gasteiger partial charge in [0.05, 0.1) is 26.3 Å². The van der Waals surface area contributed by atoms with E-state index in [1.54, 1.807) is 18.2 Å². The monoisotopic (exact) mass is 330 g/mol. The minimum atomic E-state index is -1.14. The fraction of sp³-hybridized carbons (Fsp3) is 0. The summed E-state index contributed by atoms with van der Waals surface area (Å²) < 4.78 is 0. The Morgan fingerprint density at radius 3 is 2.35 bits per heavy atom. The molecule has 0 aliphatic heterocycles. The molecule has 0 heterocycles. The van der Waals surface area contributed by atoms with Crippen LogP contribution in [0.25, 0.3) is 0 Å². The maximum absolute atomic E-state index is 11.2. The fourth-order valence-corrected chi connectivity index (χ4v) is 2.21. The van der Waals surface area contributed by atoms with Crippen LogP contribution < -0.4 is 11.1 Å². The number of carboxylic acids is 1. The van der Waals surface area contributed by atoms with Crippen molar-refractivity contribution in [2.24, 2.45) is 0 Å². The third-order valence-electron chi connectivity index (χ3n) is 2.53. The van der Waals surface area contributed by atoms with Gasteiger partial charge in [-0.3, -0.25) is 0 Å². The Hall–Kier alpha value is -1.62. The van der Waals surface area contributed by atoms with Crippen LogP contribution in [-0.4, -0.2) is 11.1 Å². The summed E-state index contributed by atoms with van der Waals surface area (Å²) in [7, 11) is 0. The second kappa shape index (κ2) is 5.79. The van der Waals surface area contributed by atoms with E-state index in [9.17, 15) is 9.90 Å². The minimum absolute atomic E-state index is 0.0268. The number of carboxylic acid groups (broad SMARTS) is 1. The topological polar surface area (TPSA) is 75.3 Å². The number of nitrogen functional groups attached to an aromatic ring is 1. The molecule has 2 aromatic rings. The zero-order valence-electron chi connectivity index (χ0n) is 9.95. The van der Waals surface area contributed by atoms with E-state index < -0.39 is 5.97 Å². The maximum Gasteiger partial charge on any atom is 0.337 e. The van der Waals surface area contributed by atoms with Crippen LogP contribution in [0.1, 0.15) is 10.4 Å². The van der Waals surface area contributed by atoms with Crippen molar-refractivity contribution in [3.8, 4) is 0 Å². The average Bonchev–Trinajstić information content (AvgIpc) is 2.36. The minimum Gasteiger partial charge on any atom is -0.478 e. The van der Waals surface area contributed by atoms with Crippen LogP contribution in [0.5, 0.6) is 0 Å². The first-order chi connectivity index (χ1) is 9.38. The summed E-state index contributed by atoms with van der Waals surface area (Å²) in [4.78, 5) is 11.2. The lowest BCUT2D eigenvalue weighted by molar-refractivity contribution is 0.0698. The Balaban J connectivity index is 2.47. The first kappa shape index (κ1) is 14.8. The highest BCUT2D eigenvalue weighted by molar-refractivity contribution is 6.42. The molecule has 7 heteroatoms. The van der Waals surface area contributed by atoms with E-state index in [-0.39, 0.29) is 22.0 Å². The second-order valence-electron chi connectivity index (χ2n) is 3.98. The molecule has 2 aromatic carbocycles. The molecule has 0 atom stereocenters. The Bertz CT molecular complexity index is 690. The molecule has 2 rings (SSSR count). The van der Waals surface area contributed by atoms with Crippen molar-refractivity contribution in [1.29, 1.82) is 0 Å². The molecule has 0 aromatic heterocycles. The third kappa shape index (κ3) is 3.10. The van der Waals surface area contributed by atoms with Crippen LogP contribution in [0.4, 0.5) is 17.1 Å². The van der Waals surface area contributed by atoms with Crippen molar-refractivity contribution in [2.75, 3.05) is 11.1 Å². The van der Waals surface area contributed by atoms with Crippen molar-refractivity contribution in [2.45, 2.75) is 0 Å². The van der Waals surface area contributed by atoms with Gasteiger partial charge in [-0.1, -0.05) is 34.8 Å². The van der Waals surface area contributed by atoms with Gasteiger partial charge in [0, 0.05) is 11.4 Å². The normalized spacial score (nSPS) is 10.3. The molecule has 20 heavy (non-hydrogen) atoms. The van der Waals surface area contributed by atoms with E-state index >= 15 is 0 Å². The molecular formula is C13H9Cl3N2O2. The van der Waals surface area contributed by atoms with Crippen LogP contribution in [0.15, 0.2) is 30.3 Å². The number of anilines is 3. The summed E-state index contributed by atoms with van der Waals surface area (Å²) in [6.07, 6.45) is 0. The lowest BCUT2D eigenvalue weighted by Gasteiger charge is -2.13. The summed E-state index contributed by atoms with van der Waals surface area (Å²) >= 11 is 17.8. The van der Waals surface area contributed by atoms with Crippen molar-refractivity contribution >= 4 is 57.8 Å². The first-order valence-corrected chi connectivity index (χ1v) is 6.56. The zero-order valence-corrected chi connectivity index (χ0v) is 12.2. The molecule has 0 fully saturated rings. The molecule has 0 aliphatic rings. The smallest absolute Gasteiger partial charge is 0.337 e. The molecule has 4 N–H and O–H groups in total. The Morgan fingerprint density at radius 1 is 1.05 bits per heavy atom.